The number of carbonyl (C=O) groups excluding carboxylic acids is 1. The normalized spacial score (nSPS) is 10.7. The van der Waals surface area contributed by atoms with E-state index in [0.29, 0.717) is 49.3 Å². The number of nitrogen functional groups attached to an aromatic ring is 1. The van der Waals surface area contributed by atoms with Gasteiger partial charge in [0, 0.05) is 18.8 Å². The molecule has 1 amide bonds. The molecule has 21 heavy (non-hydrogen) atoms. The van der Waals surface area contributed by atoms with Gasteiger partial charge in [0.2, 0.25) is 0 Å². The van der Waals surface area contributed by atoms with E-state index < -0.39 is 0 Å². The van der Waals surface area contributed by atoms with Crippen LogP contribution in [0.2, 0.25) is 0 Å². The van der Waals surface area contributed by atoms with Crippen molar-refractivity contribution < 1.29 is 14.3 Å². The van der Waals surface area contributed by atoms with Gasteiger partial charge in [-0.2, -0.15) is 0 Å². The van der Waals surface area contributed by atoms with E-state index in [1.54, 1.807) is 18.2 Å². The first kappa shape index (κ1) is 17.3. The van der Waals surface area contributed by atoms with Crippen LogP contribution in [-0.4, -0.2) is 32.3 Å². The highest BCUT2D eigenvalue weighted by Crippen LogP contribution is 2.24. The minimum Gasteiger partial charge on any atom is -0.493 e. The standard InChI is InChI=1S/C16H26N2O3/c1-4-21-14-7-5-6-13(17)15(14)16(19)18-9-11-20-10-8-12(2)3/h5-7,12H,4,8-11,17H2,1-3H3,(H,18,19). The van der Waals surface area contributed by atoms with Crippen molar-refractivity contribution in [3.8, 4) is 5.75 Å². The largest absolute Gasteiger partial charge is 0.493 e. The number of carbonyl (C=O) groups is 1. The van der Waals surface area contributed by atoms with Crippen LogP contribution in [-0.2, 0) is 4.74 Å². The second-order valence-electron chi connectivity index (χ2n) is 5.20. The molecule has 3 N–H and O–H groups in total. The number of hydrogen-bond acceptors (Lipinski definition) is 4. The molecule has 0 radical (unpaired) electrons. The first-order valence-corrected chi connectivity index (χ1v) is 7.43. The Hall–Kier alpha value is -1.75. The fourth-order valence-corrected chi connectivity index (χ4v) is 1.81. The molecule has 1 aromatic carbocycles. The lowest BCUT2D eigenvalue weighted by molar-refractivity contribution is 0.0903. The predicted molar refractivity (Wildman–Crippen MR) is 84.6 cm³/mol. The molecule has 0 aromatic heterocycles. The Labute approximate surface area is 126 Å². The van der Waals surface area contributed by atoms with Crippen LogP contribution < -0.4 is 15.8 Å². The van der Waals surface area contributed by atoms with Gasteiger partial charge in [-0.1, -0.05) is 19.9 Å². The summed E-state index contributed by atoms with van der Waals surface area (Å²) in [5, 5.41) is 2.80. The maximum Gasteiger partial charge on any atom is 0.257 e. The lowest BCUT2D eigenvalue weighted by atomic mass is 10.1. The SMILES string of the molecule is CCOc1cccc(N)c1C(=O)NCCOCCC(C)C. The lowest BCUT2D eigenvalue weighted by Crippen LogP contribution is -2.28. The quantitative estimate of drug-likeness (QED) is 0.542. The maximum atomic E-state index is 12.2. The number of nitrogens with one attached hydrogen (secondary N) is 1. The second kappa shape index (κ2) is 9.23. The van der Waals surface area contributed by atoms with Crippen molar-refractivity contribution in [2.75, 3.05) is 32.1 Å². The van der Waals surface area contributed by atoms with E-state index in [2.05, 4.69) is 19.2 Å². The van der Waals surface area contributed by atoms with Gasteiger partial charge in [0.25, 0.3) is 5.91 Å². The molecule has 0 aliphatic heterocycles. The monoisotopic (exact) mass is 294 g/mol. The first-order valence-electron chi connectivity index (χ1n) is 7.43. The molecular weight excluding hydrogens is 268 g/mol. The number of ether oxygens (including phenoxy) is 2. The molecule has 0 spiro atoms. The molecule has 1 aromatic rings. The van der Waals surface area contributed by atoms with Crippen molar-refractivity contribution in [3.63, 3.8) is 0 Å². The predicted octanol–water partition coefficient (Wildman–Crippen LogP) is 2.46. The Morgan fingerprint density at radius 2 is 2.10 bits per heavy atom. The molecule has 118 valence electrons. The van der Waals surface area contributed by atoms with Crippen molar-refractivity contribution in [1.82, 2.24) is 5.32 Å². The Morgan fingerprint density at radius 1 is 1.33 bits per heavy atom. The summed E-state index contributed by atoms with van der Waals surface area (Å²) >= 11 is 0. The molecule has 0 fully saturated rings. The van der Waals surface area contributed by atoms with Crippen molar-refractivity contribution in [2.24, 2.45) is 5.92 Å². The average Bonchev–Trinajstić information content (AvgIpc) is 2.42. The Kier molecular flexibility index (Phi) is 7.61. The molecule has 0 saturated heterocycles. The molecule has 0 bridgehead atoms. The van der Waals surface area contributed by atoms with E-state index in [4.69, 9.17) is 15.2 Å². The summed E-state index contributed by atoms with van der Waals surface area (Å²) in [6, 6.07) is 5.20. The molecule has 0 atom stereocenters. The third-order valence-corrected chi connectivity index (χ3v) is 2.96. The minimum atomic E-state index is -0.232. The zero-order valence-electron chi connectivity index (χ0n) is 13.1. The third kappa shape index (κ3) is 6.04. The van der Waals surface area contributed by atoms with E-state index >= 15 is 0 Å². The van der Waals surface area contributed by atoms with Gasteiger partial charge in [0.05, 0.1) is 13.2 Å². The van der Waals surface area contributed by atoms with Crippen LogP contribution in [0.5, 0.6) is 5.75 Å². The molecule has 5 heteroatoms. The minimum absolute atomic E-state index is 0.232. The van der Waals surface area contributed by atoms with Crippen molar-refractivity contribution in [3.05, 3.63) is 23.8 Å². The first-order chi connectivity index (χ1) is 10.1. The fraction of sp³-hybridized carbons (Fsp3) is 0.562. The summed E-state index contributed by atoms with van der Waals surface area (Å²) in [7, 11) is 0. The molecule has 0 unspecified atom stereocenters. The smallest absolute Gasteiger partial charge is 0.257 e. The van der Waals surface area contributed by atoms with Gasteiger partial charge < -0.3 is 20.5 Å². The van der Waals surface area contributed by atoms with Gasteiger partial charge in [-0.25, -0.2) is 0 Å². The van der Waals surface area contributed by atoms with Gasteiger partial charge >= 0.3 is 0 Å². The van der Waals surface area contributed by atoms with Gasteiger partial charge in [-0.3, -0.25) is 4.79 Å². The number of rotatable bonds is 9. The van der Waals surface area contributed by atoms with Crippen molar-refractivity contribution >= 4 is 11.6 Å². The van der Waals surface area contributed by atoms with E-state index in [-0.39, 0.29) is 5.91 Å². The Bertz CT molecular complexity index is 447. The van der Waals surface area contributed by atoms with Crippen LogP contribution >= 0.6 is 0 Å². The van der Waals surface area contributed by atoms with Gasteiger partial charge in [0.1, 0.15) is 11.3 Å². The van der Waals surface area contributed by atoms with E-state index in [0.717, 1.165) is 6.42 Å². The highest BCUT2D eigenvalue weighted by Gasteiger charge is 2.15. The van der Waals surface area contributed by atoms with Crippen LogP contribution in [0.15, 0.2) is 18.2 Å². The van der Waals surface area contributed by atoms with Crippen LogP contribution in [0.1, 0.15) is 37.6 Å². The number of hydrogen-bond donors (Lipinski definition) is 2. The van der Waals surface area contributed by atoms with Crippen LogP contribution in [0.3, 0.4) is 0 Å². The summed E-state index contributed by atoms with van der Waals surface area (Å²) < 4.78 is 10.9. The van der Waals surface area contributed by atoms with Crippen molar-refractivity contribution in [1.29, 1.82) is 0 Å². The Morgan fingerprint density at radius 3 is 2.76 bits per heavy atom. The number of nitrogens with two attached hydrogens (primary N) is 1. The van der Waals surface area contributed by atoms with E-state index in [9.17, 15) is 4.79 Å². The third-order valence-electron chi connectivity index (χ3n) is 2.96. The molecular formula is C16H26N2O3. The number of benzene rings is 1. The van der Waals surface area contributed by atoms with E-state index in [1.807, 2.05) is 6.92 Å². The van der Waals surface area contributed by atoms with Crippen LogP contribution in [0, 0.1) is 5.92 Å². The van der Waals surface area contributed by atoms with E-state index in [1.165, 1.54) is 0 Å². The fourth-order valence-electron chi connectivity index (χ4n) is 1.81. The summed E-state index contributed by atoms with van der Waals surface area (Å²) in [5.74, 6) is 0.900. The highest BCUT2D eigenvalue weighted by molar-refractivity contribution is 6.01. The molecule has 0 aliphatic rings. The maximum absolute atomic E-state index is 12.2. The second-order valence-corrected chi connectivity index (χ2v) is 5.20. The zero-order chi connectivity index (χ0) is 15.7. The lowest BCUT2D eigenvalue weighted by Gasteiger charge is -2.13. The van der Waals surface area contributed by atoms with Crippen LogP contribution in [0.25, 0.3) is 0 Å². The Balaban J connectivity index is 2.45. The summed E-state index contributed by atoms with van der Waals surface area (Å²) in [4.78, 5) is 12.2. The molecule has 5 nitrogen and oxygen atoms in total. The number of amides is 1. The topological polar surface area (TPSA) is 73.6 Å². The molecule has 0 aliphatic carbocycles. The summed E-state index contributed by atoms with van der Waals surface area (Å²) in [6.45, 7) is 8.32. The van der Waals surface area contributed by atoms with Crippen LogP contribution in [0.4, 0.5) is 5.69 Å². The zero-order valence-corrected chi connectivity index (χ0v) is 13.1. The van der Waals surface area contributed by atoms with Gasteiger partial charge in [-0.05, 0) is 31.4 Å². The summed E-state index contributed by atoms with van der Waals surface area (Å²) in [6.07, 6.45) is 1.02. The summed E-state index contributed by atoms with van der Waals surface area (Å²) in [5.41, 5.74) is 6.67. The number of anilines is 1. The molecule has 1 rings (SSSR count). The van der Waals surface area contributed by atoms with Crippen molar-refractivity contribution in [2.45, 2.75) is 27.2 Å². The highest BCUT2D eigenvalue weighted by atomic mass is 16.5. The average molecular weight is 294 g/mol. The van der Waals surface area contributed by atoms with Gasteiger partial charge in [0.15, 0.2) is 0 Å². The molecule has 0 saturated carbocycles. The molecule has 0 heterocycles. The van der Waals surface area contributed by atoms with Gasteiger partial charge in [-0.15, -0.1) is 0 Å².